The van der Waals surface area contributed by atoms with Crippen LogP contribution in [0.4, 0.5) is 10.5 Å². The highest BCUT2D eigenvalue weighted by Gasteiger charge is 2.28. The van der Waals surface area contributed by atoms with Crippen LogP contribution in [0.2, 0.25) is 0 Å². The standard InChI is InChI=1S/C20H21N5O3S/c26-17(22-15-7-2-1-3-8-15)19-24-23-18(29-19)14-6-4-10-25(13-14)20(27)21-12-16-9-5-11-28-16/h1-3,5,7-9,11,14H,4,6,10,12-13H2,(H,21,27)(H,22,26). The van der Waals surface area contributed by atoms with Crippen molar-refractivity contribution < 1.29 is 14.0 Å². The monoisotopic (exact) mass is 411 g/mol. The Bertz CT molecular complexity index is 958. The molecule has 0 saturated carbocycles. The number of likely N-dealkylation sites (tertiary alicyclic amines) is 1. The van der Waals surface area contributed by atoms with E-state index in [0.29, 0.717) is 36.1 Å². The quantitative estimate of drug-likeness (QED) is 0.670. The molecule has 0 spiro atoms. The van der Waals surface area contributed by atoms with Crippen molar-refractivity contribution in [2.45, 2.75) is 25.3 Å². The van der Waals surface area contributed by atoms with Crippen molar-refractivity contribution in [3.05, 3.63) is 64.5 Å². The number of carbonyl (C=O) groups is 2. The summed E-state index contributed by atoms with van der Waals surface area (Å²) in [6, 6.07) is 12.7. The summed E-state index contributed by atoms with van der Waals surface area (Å²) in [5.74, 6) is 0.516. The molecule has 1 unspecified atom stereocenters. The van der Waals surface area contributed by atoms with E-state index in [0.717, 1.165) is 17.8 Å². The number of amides is 3. The fraction of sp³-hybridized carbons (Fsp3) is 0.300. The molecule has 150 valence electrons. The van der Waals surface area contributed by atoms with Gasteiger partial charge in [0.15, 0.2) is 0 Å². The van der Waals surface area contributed by atoms with Crippen LogP contribution < -0.4 is 10.6 Å². The number of piperidine rings is 1. The van der Waals surface area contributed by atoms with Gasteiger partial charge >= 0.3 is 6.03 Å². The van der Waals surface area contributed by atoms with E-state index in [1.54, 1.807) is 17.2 Å². The number of hydrogen-bond donors (Lipinski definition) is 2. The number of anilines is 1. The Morgan fingerprint density at radius 3 is 2.83 bits per heavy atom. The second-order valence-electron chi connectivity index (χ2n) is 6.79. The number of aromatic nitrogens is 2. The molecule has 0 aliphatic carbocycles. The van der Waals surface area contributed by atoms with Crippen molar-refractivity contribution in [1.29, 1.82) is 0 Å². The first-order valence-electron chi connectivity index (χ1n) is 9.44. The fourth-order valence-electron chi connectivity index (χ4n) is 3.25. The van der Waals surface area contributed by atoms with Crippen molar-refractivity contribution in [3.8, 4) is 0 Å². The molecule has 1 atom stereocenters. The minimum atomic E-state index is -0.274. The Kier molecular flexibility index (Phi) is 5.85. The first-order chi connectivity index (χ1) is 14.2. The Morgan fingerprint density at radius 1 is 1.17 bits per heavy atom. The van der Waals surface area contributed by atoms with Crippen LogP contribution in [0.1, 0.15) is 39.3 Å². The van der Waals surface area contributed by atoms with Crippen LogP contribution in [-0.2, 0) is 6.54 Å². The maximum atomic E-state index is 12.5. The van der Waals surface area contributed by atoms with Crippen LogP contribution in [-0.4, -0.2) is 40.1 Å². The van der Waals surface area contributed by atoms with Gasteiger partial charge in [-0.3, -0.25) is 4.79 Å². The van der Waals surface area contributed by atoms with E-state index in [-0.39, 0.29) is 17.9 Å². The van der Waals surface area contributed by atoms with Gasteiger partial charge in [0, 0.05) is 24.7 Å². The molecule has 0 radical (unpaired) electrons. The topological polar surface area (TPSA) is 100 Å². The second-order valence-corrected chi connectivity index (χ2v) is 7.80. The maximum absolute atomic E-state index is 12.5. The second kappa shape index (κ2) is 8.87. The molecule has 0 bridgehead atoms. The summed E-state index contributed by atoms with van der Waals surface area (Å²) in [4.78, 5) is 26.6. The van der Waals surface area contributed by atoms with E-state index >= 15 is 0 Å². The average molecular weight is 411 g/mol. The number of benzene rings is 1. The zero-order chi connectivity index (χ0) is 20.1. The predicted molar refractivity (Wildman–Crippen MR) is 109 cm³/mol. The van der Waals surface area contributed by atoms with E-state index in [2.05, 4.69) is 20.8 Å². The molecule has 3 amide bonds. The molecule has 8 nitrogen and oxygen atoms in total. The third kappa shape index (κ3) is 4.80. The lowest BCUT2D eigenvalue weighted by atomic mass is 9.99. The van der Waals surface area contributed by atoms with Crippen LogP contribution in [0.15, 0.2) is 53.1 Å². The van der Waals surface area contributed by atoms with Gasteiger partial charge in [-0.05, 0) is 37.1 Å². The van der Waals surface area contributed by atoms with E-state index in [1.807, 2.05) is 36.4 Å². The first-order valence-corrected chi connectivity index (χ1v) is 10.3. The van der Waals surface area contributed by atoms with Crippen molar-refractivity contribution in [3.63, 3.8) is 0 Å². The summed E-state index contributed by atoms with van der Waals surface area (Å²) < 4.78 is 5.24. The van der Waals surface area contributed by atoms with E-state index < -0.39 is 0 Å². The molecule has 2 N–H and O–H groups in total. The molecule has 9 heteroatoms. The molecule has 3 heterocycles. The Balaban J connectivity index is 1.34. The third-order valence-electron chi connectivity index (χ3n) is 4.72. The highest BCUT2D eigenvalue weighted by Crippen LogP contribution is 2.29. The van der Waals surface area contributed by atoms with E-state index in [1.165, 1.54) is 11.3 Å². The van der Waals surface area contributed by atoms with Gasteiger partial charge < -0.3 is 20.0 Å². The molecule has 1 aromatic carbocycles. The Morgan fingerprint density at radius 2 is 2.03 bits per heavy atom. The van der Waals surface area contributed by atoms with Gasteiger partial charge in [0.05, 0.1) is 12.8 Å². The summed E-state index contributed by atoms with van der Waals surface area (Å²) in [5.41, 5.74) is 0.714. The Labute approximate surface area is 171 Å². The number of nitrogens with zero attached hydrogens (tertiary/aromatic N) is 3. The van der Waals surface area contributed by atoms with Crippen molar-refractivity contribution >= 4 is 29.0 Å². The van der Waals surface area contributed by atoms with E-state index in [9.17, 15) is 9.59 Å². The number of furan rings is 1. The summed E-state index contributed by atoms with van der Waals surface area (Å²) in [6.45, 7) is 1.61. The molecular weight excluding hydrogens is 390 g/mol. The lowest BCUT2D eigenvalue weighted by Crippen LogP contribution is -2.44. The van der Waals surface area contributed by atoms with Gasteiger partial charge in [-0.2, -0.15) is 0 Å². The van der Waals surface area contributed by atoms with Crippen molar-refractivity contribution in [2.75, 3.05) is 18.4 Å². The fourth-order valence-corrected chi connectivity index (χ4v) is 4.11. The number of para-hydroxylation sites is 1. The molecule has 1 aliphatic heterocycles. The minimum Gasteiger partial charge on any atom is -0.467 e. The SMILES string of the molecule is O=C(Nc1ccccc1)c1nnc(C2CCCN(C(=O)NCc3ccco3)C2)s1. The number of carbonyl (C=O) groups excluding carboxylic acids is 2. The molecule has 1 saturated heterocycles. The van der Waals surface area contributed by atoms with Gasteiger partial charge in [0.25, 0.3) is 5.91 Å². The van der Waals surface area contributed by atoms with Crippen LogP contribution in [0, 0.1) is 0 Å². The zero-order valence-electron chi connectivity index (χ0n) is 15.7. The van der Waals surface area contributed by atoms with Gasteiger partial charge in [0.1, 0.15) is 10.8 Å². The van der Waals surface area contributed by atoms with Crippen LogP contribution in [0.5, 0.6) is 0 Å². The average Bonchev–Trinajstić information content (AvgIpc) is 3.45. The smallest absolute Gasteiger partial charge is 0.317 e. The Hall–Kier alpha value is -3.20. The molecule has 29 heavy (non-hydrogen) atoms. The first kappa shape index (κ1) is 19.1. The lowest BCUT2D eigenvalue weighted by Gasteiger charge is -2.31. The minimum absolute atomic E-state index is 0.0777. The predicted octanol–water partition coefficient (Wildman–Crippen LogP) is 3.47. The highest BCUT2D eigenvalue weighted by atomic mass is 32.1. The van der Waals surface area contributed by atoms with Gasteiger partial charge in [0.2, 0.25) is 5.01 Å². The van der Waals surface area contributed by atoms with E-state index in [4.69, 9.17) is 4.42 Å². The van der Waals surface area contributed by atoms with Crippen LogP contribution in [0.25, 0.3) is 0 Å². The van der Waals surface area contributed by atoms with Crippen LogP contribution in [0.3, 0.4) is 0 Å². The normalized spacial score (nSPS) is 16.4. The lowest BCUT2D eigenvalue weighted by molar-refractivity contribution is 0.102. The third-order valence-corrected chi connectivity index (χ3v) is 5.80. The number of rotatable bonds is 5. The molecule has 4 rings (SSSR count). The van der Waals surface area contributed by atoms with Crippen LogP contribution >= 0.6 is 11.3 Å². The number of nitrogens with one attached hydrogen (secondary N) is 2. The summed E-state index contributed by atoms with van der Waals surface area (Å²) in [5, 5.41) is 15.1. The molecule has 2 aromatic heterocycles. The van der Waals surface area contributed by atoms with Gasteiger partial charge in [-0.1, -0.05) is 29.5 Å². The number of hydrogen-bond acceptors (Lipinski definition) is 6. The van der Waals surface area contributed by atoms with Crippen molar-refractivity contribution in [1.82, 2.24) is 20.4 Å². The summed E-state index contributed by atoms with van der Waals surface area (Å²) in [6.07, 6.45) is 3.38. The summed E-state index contributed by atoms with van der Waals surface area (Å²) >= 11 is 1.28. The van der Waals surface area contributed by atoms with Gasteiger partial charge in [-0.15, -0.1) is 10.2 Å². The molecular formula is C20H21N5O3S. The molecule has 3 aromatic rings. The zero-order valence-corrected chi connectivity index (χ0v) is 16.5. The summed E-state index contributed by atoms with van der Waals surface area (Å²) in [7, 11) is 0. The van der Waals surface area contributed by atoms with Gasteiger partial charge in [-0.25, -0.2) is 4.79 Å². The molecule has 1 aliphatic rings. The largest absolute Gasteiger partial charge is 0.467 e. The maximum Gasteiger partial charge on any atom is 0.317 e. The highest BCUT2D eigenvalue weighted by molar-refractivity contribution is 7.13. The molecule has 1 fully saturated rings. The van der Waals surface area contributed by atoms with Crippen molar-refractivity contribution in [2.24, 2.45) is 0 Å². The number of urea groups is 1.